The molecule has 0 radical (unpaired) electrons. The molecule has 0 saturated heterocycles. The van der Waals surface area contributed by atoms with Crippen LogP contribution in [0, 0.1) is 40.5 Å². The van der Waals surface area contributed by atoms with E-state index in [1.54, 1.807) is 48.5 Å². The van der Waals surface area contributed by atoms with E-state index in [2.05, 4.69) is 48.1 Å². The first-order valence-electron chi connectivity index (χ1n) is 12.8. The minimum Gasteiger partial charge on any atom is -0.496 e. The molecule has 0 spiro atoms. The quantitative estimate of drug-likeness (QED) is 0.0892. The molecular formula is C31H29N3O6SSi. The van der Waals surface area contributed by atoms with Crippen LogP contribution in [0.15, 0.2) is 71.6 Å². The molecule has 0 aliphatic rings. The molecule has 4 aromatic rings. The van der Waals surface area contributed by atoms with Crippen LogP contribution in [0.2, 0.25) is 19.6 Å². The monoisotopic (exact) mass is 599 g/mol. The van der Waals surface area contributed by atoms with Crippen molar-refractivity contribution in [3.63, 3.8) is 0 Å². The molecule has 0 aliphatic heterocycles. The molecule has 3 aromatic carbocycles. The summed E-state index contributed by atoms with van der Waals surface area (Å²) in [6.07, 6.45) is 0. The first kappa shape index (κ1) is 30.1. The fourth-order valence-corrected chi connectivity index (χ4v) is 5.76. The highest BCUT2D eigenvalue weighted by atomic mass is 32.2. The van der Waals surface area contributed by atoms with E-state index in [9.17, 15) is 18.5 Å². The Morgan fingerprint density at radius 2 is 1.64 bits per heavy atom. The van der Waals surface area contributed by atoms with Crippen LogP contribution in [-0.2, 0) is 10.0 Å². The summed E-state index contributed by atoms with van der Waals surface area (Å²) in [4.78, 5) is 15.7. The summed E-state index contributed by atoms with van der Waals surface area (Å²) in [6.45, 7) is 8.17. The van der Waals surface area contributed by atoms with Crippen molar-refractivity contribution in [3.05, 3.63) is 93.7 Å². The van der Waals surface area contributed by atoms with Gasteiger partial charge in [0.1, 0.15) is 25.0 Å². The van der Waals surface area contributed by atoms with Crippen LogP contribution in [0.5, 0.6) is 11.5 Å². The van der Waals surface area contributed by atoms with Gasteiger partial charge < -0.3 is 9.47 Å². The van der Waals surface area contributed by atoms with Crippen molar-refractivity contribution < 1.29 is 22.8 Å². The summed E-state index contributed by atoms with van der Waals surface area (Å²) >= 11 is 0. The zero-order valence-electron chi connectivity index (χ0n) is 24.1. The number of nitrogens with zero attached hydrogens (tertiary/aromatic N) is 3. The van der Waals surface area contributed by atoms with E-state index in [-0.39, 0.29) is 33.3 Å². The molecule has 0 aliphatic carbocycles. The minimum atomic E-state index is -4.16. The van der Waals surface area contributed by atoms with Crippen LogP contribution in [0.3, 0.4) is 0 Å². The second-order valence-corrected chi connectivity index (χ2v) is 16.9. The SMILES string of the molecule is COc1cc([N+](=O)[O-])c(OC)c2nc(C#CN(c3ccccc3C#C[Si](C)(C)C)S(=O)(=O)c3ccc(C)cc3)ccc12. The van der Waals surface area contributed by atoms with E-state index < -0.39 is 23.0 Å². The van der Waals surface area contributed by atoms with Crippen LogP contribution in [0.25, 0.3) is 10.9 Å². The molecule has 0 N–H and O–H groups in total. The van der Waals surface area contributed by atoms with E-state index in [1.807, 2.05) is 6.92 Å². The minimum absolute atomic E-state index is 0.0591. The van der Waals surface area contributed by atoms with Crippen molar-refractivity contribution in [2.24, 2.45) is 0 Å². The van der Waals surface area contributed by atoms with Crippen molar-refractivity contribution in [3.8, 4) is 34.9 Å². The number of anilines is 1. The molecule has 4 rings (SSSR count). The molecule has 0 fully saturated rings. The lowest BCUT2D eigenvalue weighted by Gasteiger charge is -2.20. The molecule has 0 amide bonds. The predicted octanol–water partition coefficient (Wildman–Crippen LogP) is 5.90. The van der Waals surface area contributed by atoms with Gasteiger partial charge >= 0.3 is 5.69 Å². The lowest BCUT2D eigenvalue weighted by molar-refractivity contribution is -0.385. The zero-order valence-corrected chi connectivity index (χ0v) is 25.9. The maximum atomic E-state index is 14.0. The van der Waals surface area contributed by atoms with Gasteiger partial charge in [-0.1, -0.05) is 55.4 Å². The van der Waals surface area contributed by atoms with Crippen LogP contribution in [0.1, 0.15) is 16.8 Å². The number of nitro benzene ring substituents is 1. The number of nitro groups is 1. The van der Waals surface area contributed by atoms with Gasteiger partial charge in [0.2, 0.25) is 5.75 Å². The molecule has 0 atom stereocenters. The Balaban J connectivity index is 1.95. The Labute approximate surface area is 246 Å². The van der Waals surface area contributed by atoms with Gasteiger partial charge in [0.25, 0.3) is 10.0 Å². The molecule has 42 heavy (non-hydrogen) atoms. The number of pyridine rings is 1. The summed E-state index contributed by atoms with van der Waals surface area (Å²) < 4.78 is 39.7. The average Bonchev–Trinajstić information content (AvgIpc) is 2.95. The van der Waals surface area contributed by atoms with E-state index in [4.69, 9.17) is 9.47 Å². The van der Waals surface area contributed by atoms with E-state index in [1.165, 1.54) is 32.4 Å². The molecule has 1 heterocycles. The van der Waals surface area contributed by atoms with Crippen molar-refractivity contribution in [1.82, 2.24) is 4.98 Å². The zero-order chi connectivity index (χ0) is 30.7. The number of rotatable bonds is 6. The van der Waals surface area contributed by atoms with E-state index >= 15 is 0 Å². The van der Waals surface area contributed by atoms with Crippen molar-refractivity contribution in [2.75, 3.05) is 18.5 Å². The van der Waals surface area contributed by atoms with Crippen LogP contribution < -0.4 is 13.8 Å². The first-order valence-corrected chi connectivity index (χ1v) is 17.8. The Kier molecular flexibility index (Phi) is 8.57. The number of benzene rings is 3. The maximum Gasteiger partial charge on any atom is 0.316 e. The van der Waals surface area contributed by atoms with Crippen LogP contribution in [-0.4, -0.2) is 40.6 Å². The summed E-state index contributed by atoms with van der Waals surface area (Å²) in [5, 5.41) is 12.2. The summed E-state index contributed by atoms with van der Waals surface area (Å²) in [5.74, 6) is 6.18. The molecule has 0 saturated carbocycles. The number of hydrogen-bond donors (Lipinski definition) is 0. The molecule has 0 unspecified atom stereocenters. The second-order valence-electron chi connectivity index (χ2n) is 10.3. The Morgan fingerprint density at radius 3 is 2.26 bits per heavy atom. The lowest BCUT2D eigenvalue weighted by atomic mass is 10.1. The number of aryl methyl sites for hydroxylation is 1. The number of hydrogen-bond acceptors (Lipinski definition) is 7. The van der Waals surface area contributed by atoms with E-state index in [0.29, 0.717) is 16.6 Å². The number of aromatic nitrogens is 1. The fraction of sp³-hybridized carbons (Fsp3) is 0.194. The third kappa shape index (κ3) is 6.38. The van der Waals surface area contributed by atoms with Gasteiger partial charge in [0.15, 0.2) is 0 Å². The maximum absolute atomic E-state index is 14.0. The smallest absolute Gasteiger partial charge is 0.316 e. The number of sulfonamides is 1. The summed E-state index contributed by atoms with van der Waals surface area (Å²) in [7, 11) is -3.24. The number of ether oxygens (including phenoxy) is 2. The summed E-state index contributed by atoms with van der Waals surface area (Å²) in [6, 6.07) is 20.7. The highest BCUT2D eigenvalue weighted by Gasteiger charge is 2.26. The van der Waals surface area contributed by atoms with Gasteiger partial charge in [-0.05, 0) is 49.2 Å². The van der Waals surface area contributed by atoms with Crippen LogP contribution in [0.4, 0.5) is 11.4 Å². The molecular weight excluding hydrogens is 571 g/mol. The Hall–Kier alpha value is -4.84. The Morgan fingerprint density at radius 1 is 0.952 bits per heavy atom. The predicted molar refractivity (Wildman–Crippen MR) is 166 cm³/mol. The van der Waals surface area contributed by atoms with E-state index in [0.717, 1.165) is 9.87 Å². The number of methoxy groups -OCH3 is 2. The highest BCUT2D eigenvalue weighted by Crippen LogP contribution is 2.40. The van der Waals surface area contributed by atoms with Gasteiger partial charge in [0, 0.05) is 17.0 Å². The second kappa shape index (κ2) is 11.9. The Bertz CT molecular complexity index is 1910. The largest absolute Gasteiger partial charge is 0.496 e. The molecule has 214 valence electrons. The molecule has 11 heteroatoms. The fourth-order valence-electron chi connectivity index (χ4n) is 3.98. The molecule has 0 bridgehead atoms. The third-order valence-corrected chi connectivity index (χ3v) is 8.55. The van der Waals surface area contributed by atoms with Crippen molar-refractivity contribution >= 4 is 40.4 Å². The van der Waals surface area contributed by atoms with Gasteiger partial charge in [0.05, 0.1) is 35.8 Å². The average molecular weight is 600 g/mol. The molecule has 9 nitrogen and oxygen atoms in total. The van der Waals surface area contributed by atoms with Crippen molar-refractivity contribution in [1.29, 1.82) is 0 Å². The number of fused-ring (bicyclic) bond motifs is 1. The first-order chi connectivity index (χ1) is 19.9. The van der Waals surface area contributed by atoms with Gasteiger partial charge in [-0.25, -0.2) is 13.4 Å². The lowest BCUT2D eigenvalue weighted by Crippen LogP contribution is -2.27. The van der Waals surface area contributed by atoms with Gasteiger partial charge in [-0.3, -0.25) is 10.1 Å². The van der Waals surface area contributed by atoms with Gasteiger partial charge in [-0.15, -0.1) is 5.54 Å². The third-order valence-electron chi connectivity index (χ3n) is 6.04. The summed E-state index contributed by atoms with van der Waals surface area (Å²) in [5.41, 5.74) is 5.01. The van der Waals surface area contributed by atoms with Gasteiger partial charge in [-0.2, -0.15) is 4.31 Å². The van der Waals surface area contributed by atoms with Crippen LogP contribution >= 0.6 is 0 Å². The topological polar surface area (TPSA) is 112 Å². The standard InChI is InChI=1S/C31H29N3O6SSi/c1-22-11-14-25(15-12-22)41(37,38)33(27-10-8-7-9-23(27)18-20-42(4,5)6)19-17-24-13-16-26-29(39-2)21-28(34(35)36)31(40-3)30(26)32-24/h7-16,21H,1-6H3. The van der Waals surface area contributed by atoms with Crippen molar-refractivity contribution in [2.45, 2.75) is 31.5 Å². The number of para-hydroxylation sites is 1. The molecule has 1 aromatic heterocycles. The normalized spacial score (nSPS) is 11.1. The highest BCUT2D eigenvalue weighted by molar-refractivity contribution is 7.93.